The number of carbonyl (C=O) groups excluding carboxylic acids is 2. The number of nitrogens with one attached hydrogen (secondary N) is 1. The highest BCUT2D eigenvalue weighted by atomic mass is 35.5. The molecule has 7 heteroatoms. The van der Waals surface area contributed by atoms with E-state index >= 15 is 0 Å². The van der Waals surface area contributed by atoms with Crippen LogP contribution in [0.4, 0.5) is 0 Å². The summed E-state index contributed by atoms with van der Waals surface area (Å²) < 4.78 is 2.00. The fraction of sp³-hybridized carbons (Fsp3) is 0.348. The number of hydrogen-bond acceptors (Lipinski definition) is 3. The van der Waals surface area contributed by atoms with Crippen LogP contribution in [-0.4, -0.2) is 45.9 Å². The van der Waals surface area contributed by atoms with Crippen LogP contribution in [0.1, 0.15) is 36.5 Å². The quantitative estimate of drug-likeness (QED) is 0.527. The maximum absolute atomic E-state index is 12.7. The molecule has 3 rings (SSSR count). The molecular weight excluding hydrogens is 400 g/mol. The summed E-state index contributed by atoms with van der Waals surface area (Å²) in [6, 6.07) is 14.7. The van der Waals surface area contributed by atoms with E-state index in [1.54, 1.807) is 24.3 Å². The lowest BCUT2D eigenvalue weighted by Crippen LogP contribution is -2.33. The molecule has 1 N–H and O–H groups in total. The van der Waals surface area contributed by atoms with Gasteiger partial charge in [0.25, 0.3) is 5.91 Å². The topological polar surface area (TPSA) is 67.2 Å². The van der Waals surface area contributed by atoms with E-state index in [0.29, 0.717) is 36.6 Å². The first-order chi connectivity index (χ1) is 14.5. The number of amides is 2. The molecule has 0 aliphatic heterocycles. The zero-order chi connectivity index (χ0) is 21.5. The Labute approximate surface area is 181 Å². The Hall–Kier alpha value is -2.86. The molecule has 0 bridgehead atoms. The number of rotatable bonds is 9. The van der Waals surface area contributed by atoms with Crippen molar-refractivity contribution in [1.29, 1.82) is 0 Å². The van der Waals surface area contributed by atoms with Gasteiger partial charge < -0.3 is 14.8 Å². The summed E-state index contributed by atoms with van der Waals surface area (Å²) >= 11 is 5.87. The second-order valence-electron chi connectivity index (χ2n) is 7.04. The molecule has 0 aliphatic carbocycles. The van der Waals surface area contributed by atoms with Gasteiger partial charge in [-0.05, 0) is 56.7 Å². The SMILES string of the molecule is CCN(CC)C(=O)Cn1c(CCCNC(=O)c2ccc(Cl)cc2)nc2ccccc21. The number of para-hydroxylation sites is 2. The van der Waals surface area contributed by atoms with Gasteiger partial charge >= 0.3 is 0 Å². The molecule has 158 valence electrons. The molecular formula is C23H27ClN4O2. The molecule has 0 fully saturated rings. The average Bonchev–Trinajstić information content (AvgIpc) is 3.10. The lowest BCUT2D eigenvalue weighted by molar-refractivity contribution is -0.131. The molecule has 1 heterocycles. The number of fused-ring (bicyclic) bond motifs is 1. The highest BCUT2D eigenvalue weighted by Crippen LogP contribution is 2.17. The van der Waals surface area contributed by atoms with Crippen LogP contribution in [0.25, 0.3) is 11.0 Å². The molecule has 0 saturated heterocycles. The van der Waals surface area contributed by atoms with Gasteiger partial charge in [-0.15, -0.1) is 0 Å². The highest BCUT2D eigenvalue weighted by molar-refractivity contribution is 6.30. The number of benzene rings is 2. The molecule has 0 saturated carbocycles. The van der Waals surface area contributed by atoms with Crippen molar-refractivity contribution in [3.63, 3.8) is 0 Å². The Morgan fingerprint density at radius 3 is 2.47 bits per heavy atom. The predicted octanol–water partition coefficient (Wildman–Crippen LogP) is 3.92. The monoisotopic (exact) mass is 426 g/mol. The van der Waals surface area contributed by atoms with Gasteiger partial charge in [-0.3, -0.25) is 9.59 Å². The molecule has 6 nitrogen and oxygen atoms in total. The number of hydrogen-bond donors (Lipinski definition) is 1. The van der Waals surface area contributed by atoms with E-state index < -0.39 is 0 Å². The summed E-state index contributed by atoms with van der Waals surface area (Å²) in [6.45, 7) is 6.14. The van der Waals surface area contributed by atoms with Crippen LogP contribution in [0.3, 0.4) is 0 Å². The Morgan fingerprint density at radius 1 is 1.07 bits per heavy atom. The van der Waals surface area contributed by atoms with E-state index in [1.807, 2.05) is 47.6 Å². The van der Waals surface area contributed by atoms with Crippen molar-refractivity contribution in [2.45, 2.75) is 33.2 Å². The Kier molecular flexibility index (Phi) is 7.46. The molecule has 0 atom stereocenters. The molecule has 0 unspecified atom stereocenters. The van der Waals surface area contributed by atoms with Gasteiger partial charge in [-0.2, -0.15) is 0 Å². The van der Waals surface area contributed by atoms with Crippen LogP contribution in [0, 0.1) is 0 Å². The lowest BCUT2D eigenvalue weighted by Gasteiger charge is -2.20. The number of likely N-dealkylation sites (N-methyl/N-ethyl adjacent to an activating group) is 1. The first kappa shape index (κ1) is 21.8. The highest BCUT2D eigenvalue weighted by Gasteiger charge is 2.16. The van der Waals surface area contributed by atoms with Gasteiger partial charge in [0.2, 0.25) is 5.91 Å². The number of nitrogens with zero attached hydrogens (tertiary/aromatic N) is 3. The van der Waals surface area contributed by atoms with Gasteiger partial charge in [0.05, 0.1) is 11.0 Å². The fourth-order valence-electron chi connectivity index (χ4n) is 3.46. The van der Waals surface area contributed by atoms with Crippen molar-refractivity contribution in [3.05, 3.63) is 64.9 Å². The van der Waals surface area contributed by atoms with Crippen LogP contribution in [-0.2, 0) is 17.8 Å². The van der Waals surface area contributed by atoms with Gasteiger partial charge in [-0.1, -0.05) is 23.7 Å². The third-order valence-corrected chi connectivity index (χ3v) is 5.36. The summed E-state index contributed by atoms with van der Waals surface area (Å²) in [4.78, 5) is 31.5. The van der Waals surface area contributed by atoms with Gasteiger partial charge in [0.1, 0.15) is 12.4 Å². The molecule has 2 amide bonds. The fourth-order valence-corrected chi connectivity index (χ4v) is 3.58. The first-order valence-electron chi connectivity index (χ1n) is 10.3. The van der Waals surface area contributed by atoms with Gasteiger partial charge in [0, 0.05) is 36.6 Å². The third kappa shape index (κ3) is 5.19. The summed E-state index contributed by atoms with van der Waals surface area (Å²) in [5.41, 5.74) is 2.42. The minimum absolute atomic E-state index is 0.0837. The van der Waals surface area contributed by atoms with Crippen LogP contribution in [0.5, 0.6) is 0 Å². The normalized spacial score (nSPS) is 10.9. The van der Waals surface area contributed by atoms with E-state index in [-0.39, 0.29) is 18.4 Å². The van der Waals surface area contributed by atoms with Crippen LogP contribution >= 0.6 is 11.6 Å². The predicted molar refractivity (Wildman–Crippen MR) is 120 cm³/mol. The van der Waals surface area contributed by atoms with E-state index in [4.69, 9.17) is 16.6 Å². The summed E-state index contributed by atoms with van der Waals surface area (Å²) in [5, 5.41) is 3.53. The number of carbonyl (C=O) groups is 2. The molecule has 0 radical (unpaired) electrons. The van der Waals surface area contributed by atoms with Crippen molar-refractivity contribution in [1.82, 2.24) is 19.8 Å². The maximum atomic E-state index is 12.7. The minimum Gasteiger partial charge on any atom is -0.352 e. The Balaban J connectivity index is 1.65. The average molecular weight is 427 g/mol. The van der Waals surface area contributed by atoms with Crippen molar-refractivity contribution in [2.24, 2.45) is 0 Å². The molecule has 2 aromatic carbocycles. The van der Waals surface area contributed by atoms with Crippen molar-refractivity contribution >= 4 is 34.4 Å². The number of imidazole rings is 1. The van der Waals surface area contributed by atoms with E-state index in [1.165, 1.54) is 0 Å². The van der Waals surface area contributed by atoms with Gasteiger partial charge in [-0.25, -0.2) is 4.98 Å². The summed E-state index contributed by atoms with van der Waals surface area (Å²) in [5.74, 6) is 0.815. The minimum atomic E-state index is -0.128. The summed E-state index contributed by atoms with van der Waals surface area (Å²) in [6.07, 6.45) is 1.39. The van der Waals surface area contributed by atoms with E-state index in [9.17, 15) is 9.59 Å². The lowest BCUT2D eigenvalue weighted by atomic mass is 10.2. The number of halogens is 1. The van der Waals surface area contributed by atoms with Crippen LogP contribution in [0.2, 0.25) is 5.02 Å². The third-order valence-electron chi connectivity index (χ3n) is 5.11. The molecule has 0 spiro atoms. The van der Waals surface area contributed by atoms with E-state index in [0.717, 1.165) is 23.3 Å². The second-order valence-corrected chi connectivity index (χ2v) is 7.47. The van der Waals surface area contributed by atoms with Crippen molar-refractivity contribution in [3.8, 4) is 0 Å². The molecule has 0 aliphatic rings. The maximum Gasteiger partial charge on any atom is 0.251 e. The Morgan fingerprint density at radius 2 is 1.77 bits per heavy atom. The second kappa shape index (κ2) is 10.3. The van der Waals surface area contributed by atoms with Crippen LogP contribution in [0.15, 0.2) is 48.5 Å². The zero-order valence-corrected chi connectivity index (χ0v) is 18.2. The molecule has 1 aromatic heterocycles. The van der Waals surface area contributed by atoms with Crippen LogP contribution < -0.4 is 5.32 Å². The van der Waals surface area contributed by atoms with Gasteiger partial charge in [0.15, 0.2) is 0 Å². The molecule has 30 heavy (non-hydrogen) atoms. The largest absolute Gasteiger partial charge is 0.352 e. The zero-order valence-electron chi connectivity index (χ0n) is 17.4. The molecule has 3 aromatic rings. The first-order valence-corrected chi connectivity index (χ1v) is 10.7. The van der Waals surface area contributed by atoms with Crippen molar-refractivity contribution in [2.75, 3.05) is 19.6 Å². The number of aryl methyl sites for hydroxylation is 1. The van der Waals surface area contributed by atoms with Crippen molar-refractivity contribution < 1.29 is 9.59 Å². The standard InChI is InChI=1S/C23H27ClN4O2/c1-3-27(4-2)22(29)16-28-20-9-6-5-8-19(20)26-21(28)10-7-15-25-23(30)17-11-13-18(24)14-12-17/h5-6,8-9,11-14H,3-4,7,10,15-16H2,1-2H3,(H,25,30). The van der Waals surface area contributed by atoms with E-state index in [2.05, 4.69) is 5.32 Å². The smallest absolute Gasteiger partial charge is 0.251 e. The summed E-state index contributed by atoms with van der Waals surface area (Å²) in [7, 11) is 0. The Bertz CT molecular complexity index is 1010. The number of aromatic nitrogens is 2.